The first-order valence-electron chi connectivity index (χ1n) is 8.11. The van der Waals surface area contributed by atoms with Gasteiger partial charge in [0.05, 0.1) is 6.54 Å². The highest BCUT2D eigenvalue weighted by molar-refractivity contribution is 6.35. The minimum Gasteiger partial charge on any atom is -0.347 e. The average molecular weight is 390 g/mol. The number of benzene rings is 2. The number of carbonyl (C=O) groups excluding carboxylic acids is 1. The number of nitrogens with one attached hydrogen (secondary N) is 1. The van der Waals surface area contributed by atoms with E-state index in [1.807, 2.05) is 37.3 Å². The Morgan fingerprint density at radius 3 is 2.65 bits per heavy atom. The summed E-state index contributed by atoms with van der Waals surface area (Å²) in [7, 11) is 0. The molecular formula is C19H17Cl2N3O2. The molecule has 1 N–H and O–H groups in total. The van der Waals surface area contributed by atoms with Crippen LogP contribution in [0.1, 0.15) is 23.4 Å². The van der Waals surface area contributed by atoms with Crippen LogP contribution in [0.4, 0.5) is 0 Å². The normalized spacial score (nSPS) is 10.7. The predicted octanol–water partition coefficient (Wildman–Crippen LogP) is 4.60. The first-order valence-corrected chi connectivity index (χ1v) is 8.87. The van der Waals surface area contributed by atoms with E-state index in [9.17, 15) is 4.79 Å². The lowest BCUT2D eigenvalue weighted by molar-refractivity contribution is -0.121. The van der Waals surface area contributed by atoms with Crippen molar-refractivity contribution < 1.29 is 9.32 Å². The van der Waals surface area contributed by atoms with Gasteiger partial charge in [0.1, 0.15) is 0 Å². The Hall–Kier alpha value is -2.37. The molecule has 1 amide bonds. The van der Waals surface area contributed by atoms with Gasteiger partial charge in [-0.2, -0.15) is 4.98 Å². The molecule has 0 fully saturated rings. The van der Waals surface area contributed by atoms with E-state index in [2.05, 4.69) is 15.5 Å². The third-order valence-electron chi connectivity index (χ3n) is 3.85. The highest BCUT2D eigenvalue weighted by Crippen LogP contribution is 2.22. The Balaban J connectivity index is 1.51. The fourth-order valence-corrected chi connectivity index (χ4v) is 2.88. The smallest absolute Gasteiger partial charge is 0.246 e. The van der Waals surface area contributed by atoms with E-state index in [1.54, 1.807) is 12.1 Å². The van der Waals surface area contributed by atoms with Crippen molar-refractivity contribution in [3.63, 3.8) is 0 Å². The summed E-state index contributed by atoms with van der Waals surface area (Å²) in [6.07, 6.45) is 0.834. The maximum Gasteiger partial charge on any atom is 0.246 e. The van der Waals surface area contributed by atoms with Crippen LogP contribution in [-0.4, -0.2) is 16.0 Å². The largest absolute Gasteiger partial charge is 0.347 e. The van der Waals surface area contributed by atoms with Crippen molar-refractivity contribution in [2.24, 2.45) is 0 Å². The molecule has 2 aromatic carbocycles. The maximum atomic E-state index is 12.0. The highest BCUT2D eigenvalue weighted by Gasteiger charge is 2.10. The topological polar surface area (TPSA) is 68.0 Å². The molecule has 0 radical (unpaired) electrons. The molecular weight excluding hydrogens is 373 g/mol. The molecule has 0 aliphatic rings. The van der Waals surface area contributed by atoms with Gasteiger partial charge >= 0.3 is 0 Å². The third kappa shape index (κ3) is 4.84. The van der Waals surface area contributed by atoms with E-state index in [1.165, 1.54) is 0 Å². The molecule has 5 nitrogen and oxygen atoms in total. The Bertz CT molecular complexity index is 907. The van der Waals surface area contributed by atoms with E-state index < -0.39 is 0 Å². The first kappa shape index (κ1) is 18.4. The second-order valence-corrected chi connectivity index (χ2v) is 6.73. The van der Waals surface area contributed by atoms with Crippen molar-refractivity contribution in [3.8, 4) is 11.4 Å². The lowest BCUT2D eigenvalue weighted by atomic mass is 10.1. The number of rotatable bonds is 6. The Labute approximate surface area is 161 Å². The molecule has 0 atom stereocenters. The number of aromatic nitrogens is 2. The molecule has 0 saturated heterocycles. The summed E-state index contributed by atoms with van der Waals surface area (Å²) in [5.41, 5.74) is 2.91. The molecule has 0 aliphatic heterocycles. The van der Waals surface area contributed by atoms with Gasteiger partial charge in [0.25, 0.3) is 0 Å². The minimum absolute atomic E-state index is 0.119. The number of halogens is 2. The molecule has 0 saturated carbocycles. The molecule has 134 valence electrons. The quantitative estimate of drug-likeness (QED) is 0.668. The van der Waals surface area contributed by atoms with Crippen molar-refractivity contribution >= 4 is 29.1 Å². The number of amides is 1. The van der Waals surface area contributed by atoms with E-state index >= 15 is 0 Å². The summed E-state index contributed by atoms with van der Waals surface area (Å²) in [5.74, 6) is 0.742. The fourth-order valence-electron chi connectivity index (χ4n) is 2.38. The SMILES string of the molecule is Cc1ccc(-c2noc(CNC(=O)CCc3ccc(Cl)cc3Cl)n2)cc1. The zero-order chi connectivity index (χ0) is 18.5. The van der Waals surface area contributed by atoms with Crippen molar-refractivity contribution in [1.82, 2.24) is 15.5 Å². The van der Waals surface area contributed by atoms with Gasteiger partial charge < -0.3 is 9.84 Å². The van der Waals surface area contributed by atoms with Gasteiger partial charge in [-0.3, -0.25) is 4.79 Å². The Kier molecular flexibility index (Phi) is 5.91. The van der Waals surface area contributed by atoms with Crippen LogP contribution in [0.2, 0.25) is 10.0 Å². The van der Waals surface area contributed by atoms with Crippen molar-refractivity contribution in [1.29, 1.82) is 0 Å². The minimum atomic E-state index is -0.119. The molecule has 26 heavy (non-hydrogen) atoms. The second kappa shape index (κ2) is 8.34. The number of hydrogen-bond acceptors (Lipinski definition) is 4. The zero-order valence-electron chi connectivity index (χ0n) is 14.1. The van der Waals surface area contributed by atoms with E-state index in [4.69, 9.17) is 27.7 Å². The predicted molar refractivity (Wildman–Crippen MR) is 101 cm³/mol. The van der Waals surface area contributed by atoms with E-state index in [0.717, 1.165) is 16.7 Å². The molecule has 3 aromatic rings. The molecule has 1 heterocycles. The number of hydrogen-bond donors (Lipinski definition) is 1. The van der Waals surface area contributed by atoms with Gasteiger partial charge in [0.15, 0.2) is 0 Å². The summed E-state index contributed by atoms with van der Waals surface area (Å²) in [6, 6.07) is 13.1. The van der Waals surface area contributed by atoms with Crippen LogP contribution in [0.15, 0.2) is 47.0 Å². The van der Waals surface area contributed by atoms with Crippen LogP contribution >= 0.6 is 23.2 Å². The number of aryl methyl sites for hydroxylation is 2. The number of nitrogens with zero attached hydrogens (tertiary/aromatic N) is 2. The fraction of sp³-hybridized carbons (Fsp3) is 0.211. The van der Waals surface area contributed by atoms with E-state index in [0.29, 0.717) is 34.6 Å². The molecule has 3 rings (SSSR count). The molecule has 0 aliphatic carbocycles. The zero-order valence-corrected chi connectivity index (χ0v) is 15.6. The molecule has 1 aromatic heterocycles. The first-order chi connectivity index (χ1) is 12.5. The van der Waals surface area contributed by atoms with Crippen molar-refractivity contribution in [2.45, 2.75) is 26.3 Å². The van der Waals surface area contributed by atoms with E-state index in [-0.39, 0.29) is 12.5 Å². The summed E-state index contributed by atoms with van der Waals surface area (Å²) < 4.78 is 5.18. The standard InChI is InChI=1S/C19H17Cl2N3O2/c1-12-2-4-14(5-3-12)19-23-18(26-24-19)11-22-17(25)9-7-13-6-8-15(20)10-16(13)21/h2-6,8,10H,7,9,11H2,1H3,(H,22,25). The lowest BCUT2D eigenvalue weighted by Gasteiger charge is -2.05. The maximum absolute atomic E-state index is 12.0. The van der Waals surface area contributed by atoms with Gasteiger partial charge in [-0.1, -0.05) is 64.3 Å². The third-order valence-corrected chi connectivity index (χ3v) is 4.44. The monoisotopic (exact) mass is 389 g/mol. The van der Waals surface area contributed by atoms with Crippen LogP contribution in [0.3, 0.4) is 0 Å². The van der Waals surface area contributed by atoms with Crippen LogP contribution in [0, 0.1) is 6.92 Å². The molecule has 0 bridgehead atoms. The van der Waals surface area contributed by atoms with Crippen molar-refractivity contribution in [2.75, 3.05) is 0 Å². The van der Waals surface area contributed by atoms with Gasteiger partial charge in [-0.15, -0.1) is 0 Å². The Morgan fingerprint density at radius 1 is 1.15 bits per heavy atom. The number of carbonyl (C=O) groups is 1. The highest BCUT2D eigenvalue weighted by atomic mass is 35.5. The molecule has 0 spiro atoms. The molecule has 7 heteroatoms. The second-order valence-electron chi connectivity index (χ2n) is 5.89. The summed E-state index contributed by atoms with van der Waals surface area (Å²) in [5, 5.41) is 7.84. The summed E-state index contributed by atoms with van der Waals surface area (Å²) in [4.78, 5) is 16.3. The molecule has 0 unspecified atom stereocenters. The lowest BCUT2D eigenvalue weighted by Crippen LogP contribution is -2.23. The van der Waals surface area contributed by atoms with Crippen LogP contribution < -0.4 is 5.32 Å². The van der Waals surface area contributed by atoms with Gasteiger partial charge in [-0.25, -0.2) is 0 Å². The van der Waals surface area contributed by atoms with Crippen molar-refractivity contribution in [3.05, 3.63) is 69.5 Å². The van der Waals surface area contributed by atoms with Crippen LogP contribution in [-0.2, 0) is 17.8 Å². The Morgan fingerprint density at radius 2 is 1.92 bits per heavy atom. The summed E-state index contributed by atoms with van der Waals surface area (Å²) in [6.45, 7) is 2.20. The van der Waals surface area contributed by atoms with Gasteiger partial charge in [-0.05, 0) is 31.0 Å². The van der Waals surface area contributed by atoms with Gasteiger partial charge in [0, 0.05) is 22.0 Å². The summed E-state index contributed by atoms with van der Waals surface area (Å²) >= 11 is 12.0. The van der Waals surface area contributed by atoms with Crippen LogP contribution in [0.5, 0.6) is 0 Å². The van der Waals surface area contributed by atoms with Gasteiger partial charge in [0.2, 0.25) is 17.6 Å². The van der Waals surface area contributed by atoms with Crippen LogP contribution in [0.25, 0.3) is 11.4 Å². The average Bonchev–Trinajstić information content (AvgIpc) is 3.09.